The number of ether oxygens (including phenoxy) is 2. The van der Waals surface area contributed by atoms with E-state index in [0.717, 1.165) is 23.1 Å². The van der Waals surface area contributed by atoms with Crippen LogP contribution >= 0.6 is 0 Å². The van der Waals surface area contributed by atoms with Crippen LogP contribution in [-0.2, 0) is 20.7 Å². The Hall–Kier alpha value is -3.09. The molecule has 3 nitrogen and oxygen atoms in total. The van der Waals surface area contributed by atoms with E-state index in [1.165, 1.54) is 10.8 Å². The van der Waals surface area contributed by atoms with Crippen LogP contribution in [0.5, 0.6) is 0 Å². The summed E-state index contributed by atoms with van der Waals surface area (Å²) in [5.41, 5.74) is 3.12. The smallest absolute Gasteiger partial charge is 0.332 e. The van der Waals surface area contributed by atoms with Crippen molar-refractivity contribution < 1.29 is 14.3 Å². The van der Waals surface area contributed by atoms with Crippen LogP contribution in [0.15, 0.2) is 66.7 Å². The number of esters is 1. The van der Waals surface area contributed by atoms with E-state index in [0.29, 0.717) is 13.2 Å². The van der Waals surface area contributed by atoms with Gasteiger partial charge in [-0.2, -0.15) is 0 Å². The Morgan fingerprint density at radius 2 is 1.59 bits per heavy atom. The number of hydrogen-bond acceptors (Lipinski definition) is 3. The van der Waals surface area contributed by atoms with Crippen LogP contribution < -0.4 is 0 Å². The van der Waals surface area contributed by atoms with Gasteiger partial charge in [-0.1, -0.05) is 54.3 Å². The maximum atomic E-state index is 11.2. The molecular weight excluding hydrogens is 336 g/mol. The van der Waals surface area contributed by atoms with Gasteiger partial charge in [0.15, 0.2) is 0 Å². The first-order valence-electron chi connectivity index (χ1n) is 9.08. The molecule has 0 radical (unpaired) electrons. The molecule has 3 rings (SSSR count). The van der Waals surface area contributed by atoms with Crippen LogP contribution in [0.25, 0.3) is 10.8 Å². The van der Waals surface area contributed by atoms with Gasteiger partial charge >= 0.3 is 5.97 Å². The number of benzene rings is 3. The van der Waals surface area contributed by atoms with E-state index in [1.54, 1.807) is 6.92 Å². The molecule has 27 heavy (non-hydrogen) atoms. The van der Waals surface area contributed by atoms with Crippen molar-refractivity contribution in [1.29, 1.82) is 0 Å². The monoisotopic (exact) mass is 358 g/mol. The topological polar surface area (TPSA) is 35.5 Å². The molecule has 0 amide bonds. The third-order valence-corrected chi connectivity index (χ3v) is 4.11. The zero-order valence-corrected chi connectivity index (χ0v) is 15.4. The van der Waals surface area contributed by atoms with Gasteiger partial charge in [-0.15, -0.1) is 0 Å². The molecule has 0 aliphatic heterocycles. The summed E-state index contributed by atoms with van der Waals surface area (Å²) >= 11 is 0. The Balaban J connectivity index is 1.54. The van der Waals surface area contributed by atoms with E-state index >= 15 is 0 Å². The average Bonchev–Trinajstić information content (AvgIpc) is 2.70. The summed E-state index contributed by atoms with van der Waals surface area (Å²) in [7, 11) is 0. The number of hydrogen-bond donors (Lipinski definition) is 0. The van der Waals surface area contributed by atoms with E-state index in [2.05, 4.69) is 36.1 Å². The highest BCUT2D eigenvalue weighted by Crippen LogP contribution is 2.15. The summed E-state index contributed by atoms with van der Waals surface area (Å²) in [5, 5.41) is 2.42. The summed E-state index contributed by atoms with van der Waals surface area (Å²) in [5.74, 6) is 6.11. The third-order valence-electron chi connectivity index (χ3n) is 4.11. The molecular formula is C24H22O3. The Kier molecular flexibility index (Phi) is 6.62. The van der Waals surface area contributed by atoms with Gasteiger partial charge in [0.25, 0.3) is 0 Å². The molecule has 0 atom stereocenters. The average molecular weight is 358 g/mol. The van der Waals surface area contributed by atoms with Crippen LogP contribution in [0.4, 0.5) is 0 Å². The Morgan fingerprint density at radius 1 is 0.889 bits per heavy atom. The fourth-order valence-electron chi connectivity index (χ4n) is 2.71. The van der Waals surface area contributed by atoms with Crippen molar-refractivity contribution in [3.05, 3.63) is 83.4 Å². The maximum absolute atomic E-state index is 11.2. The minimum Gasteiger partial charge on any atom is -0.464 e. The molecule has 0 saturated carbocycles. The van der Waals surface area contributed by atoms with Crippen LogP contribution in [0, 0.1) is 11.8 Å². The molecule has 136 valence electrons. The highest BCUT2D eigenvalue weighted by molar-refractivity contribution is 5.83. The van der Waals surface area contributed by atoms with Gasteiger partial charge in [-0.05, 0) is 53.9 Å². The molecule has 3 heteroatoms. The van der Waals surface area contributed by atoms with Gasteiger partial charge in [0.2, 0.25) is 0 Å². The minimum absolute atomic E-state index is 0.00313. The first-order chi connectivity index (χ1) is 13.2. The SMILES string of the molecule is CCOC(=O)COCCc1ccc(C#Cc2ccc3ccccc3c2)cc1. The molecule has 0 aliphatic carbocycles. The van der Waals surface area contributed by atoms with E-state index in [4.69, 9.17) is 9.47 Å². The van der Waals surface area contributed by atoms with Crippen molar-refractivity contribution in [3.8, 4) is 11.8 Å². The van der Waals surface area contributed by atoms with Crippen LogP contribution in [-0.4, -0.2) is 25.8 Å². The van der Waals surface area contributed by atoms with Crippen LogP contribution in [0.3, 0.4) is 0 Å². The molecule has 0 heterocycles. The molecule has 0 unspecified atom stereocenters. The summed E-state index contributed by atoms with van der Waals surface area (Å²) in [6.45, 7) is 2.65. The molecule has 0 spiro atoms. The summed E-state index contributed by atoms with van der Waals surface area (Å²) in [6.07, 6.45) is 0.748. The number of rotatable bonds is 6. The van der Waals surface area contributed by atoms with Crippen molar-refractivity contribution >= 4 is 16.7 Å². The number of carbonyl (C=O) groups is 1. The fourth-order valence-corrected chi connectivity index (χ4v) is 2.71. The lowest BCUT2D eigenvalue weighted by Gasteiger charge is -2.04. The molecule has 0 aliphatic rings. The van der Waals surface area contributed by atoms with Crippen molar-refractivity contribution in [2.45, 2.75) is 13.3 Å². The second-order valence-corrected chi connectivity index (χ2v) is 6.12. The zero-order chi connectivity index (χ0) is 18.9. The van der Waals surface area contributed by atoms with E-state index < -0.39 is 0 Å². The van der Waals surface area contributed by atoms with Crippen molar-refractivity contribution in [3.63, 3.8) is 0 Å². The van der Waals surface area contributed by atoms with E-state index in [-0.39, 0.29) is 12.6 Å². The molecule has 0 fully saturated rings. The van der Waals surface area contributed by atoms with Crippen molar-refractivity contribution in [2.75, 3.05) is 19.8 Å². The van der Waals surface area contributed by atoms with Gasteiger partial charge in [0.1, 0.15) is 6.61 Å². The molecule has 0 bridgehead atoms. The van der Waals surface area contributed by atoms with Gasteiger partial charge in [0, 0.05) is 11.1 Å². The highest BCUT2D eigenvalue weighted by atomic mass is 16.6. The van der Waals surface area contributed by atoms with Crippen molar-refractivity contribution in [2.24, 2.45) is 0 Å². The first kappa shape index (κ1) is 18.7. The van der Waals surface area contributed by atoms with Gasteiger partial charge in [-0.3, -0.25) is 0 Å². The normalized spacial score (nSPS) is 10.3. The second-order valence-electron chi connectivity index (χ2n) is 6.12. The predicted octanol–water partition coefficient (Wildman–Crippen LogP) is 4.36. The minimum atomic E-state index is -0.322. The zero-order valence-electron chi connectivity index (χ0n) is 15.4. The van der Waals surface area contributed by atoms with Crippen LogP contribution in [0.2, 0.25) is 0 Å². The molecule has 0 aromatic heterocycles. The van der Waals surface area contributed by atoms with E-state index in [9.17, 15) is 4.79 Å². The maximum Gasteiger partial charge on any atom is 0.332 e. The standard InChI is InChI=1S/C24H22O3/c1-2-27-24(25)18-26-16-15-20-9-7-19(8-10-20)11-12-21-13-14-22-5-3-4-6-23(22)17-21/h3-10,13-14,17H,2,15-16,18H2,1H3. The summed E-state index contributed by atoms with van der Waals surface area (Å²) in [4.78, 5) is 11.2. The Labute approximate surface area is 159 Å². The summed E-state index contributed by atoms with van der Waals surface area (Å²) in [6, 6.07) is 22.6. The number of fused-ring (bicyclic) bond motifs is 1. The third kappa shape index (κ3) is 5.70. The first-order valence-corrected chi connectivity index (χ1v) is 9.08. The predicted molar refractivity (Wildman–Crippen MR) is 108 cm³/mol. The fraction of sp³-hybridized carbons (Fsp3) is 0.208. The van der Waals surface area contributed by atoms with Gasteiger partial charge in [-0.25, -0.2) is 4.79 Å². The van der Waals surface area contributed by atoms with Gasteiger partial charge in [0.05, 0.1) is 13.2 Å². The summed E-state index contributed by atoms with van der Waals surface area (Å²) < 4.78 is 10.1. The lowest BCUT2D eigenvalue weighted by atomic mass is 10.1. The molecule has 3 aromatic rings. The Bertz CT molecular complexity index is 962. The molecule has 3 aromatic carbocycles. The molecule has 0 N–H and O–H groups in total. The number of carbonyl (C=O) groups excluding carboxylic acids is 1. The van der Waals surface area contributed by atoms with Crippen LogP contribution in [0.1, 0.15) is 23.6 Å². The lowest BCUT2D eigenvalue weighted by molar-refractivity contribution is -0.148. The van der Waals surface area contributed by atoms with E-state index in [1.807, 2.05) is 42.5 Å². The highest BCUT2D eigenvalue weighted by Gasteiger charge is 2.01. The largest absolute Gasteiger partial charge is 0.464 e. The quantitative estimate of drug-likeness (QED) is 0.373. The lowest BCUT2D eigenvalue weighted by Crippen LogP contribution is -2.13. The Morgan fingerprint density at radius 3 is 2.37 bits per heavy atom. The van der Waals surface area contributed by atoms with Gasteiger partial charge < -0.3 is 9.47 Å². The van der Waals surface area contributed by atoms with Crippen molar-refractivity contribution in [1.82, 2.24) is 0 Å². The second kappa shape index (κ2) is 9.56. The molecule has 0 saturated heterocycles.